The summed E-state index contributed by atoms with van der Waals surface area (Å²) in [5, 5.41) is 0. The molecule has 6 heteroatoms. The minimum absolute atomic E-state index is 0.257. The second kappa shape index (κ2) is 6.23. The highest BCUT2D eigenvalue weighted by molar-refractivity contribution is 6.13. The molecule has 0 spiro atoms. The van der Waals surface area contributed by atoms with Crippen molar-refractivity contribution in [1.82, 2.24) is 0 Å². The molecular weight excluding hydrogens is 310 g/mol. The van der Waals surface area contributed by atoms with Crippen LogP contribution < -0.4 is 5.73 Å². The highest BCUT2D eigenvalue weighted by Crippen LogP contribution is 2.45. The molecule has 24 heavy (non-hydrogen) atoms. The van der Waals surface area contributed by atoms with E-state index in [1.54, 1.807) is 38.1 Å². The molecule has 1 heterocycles. The molecule has 0 unspecified atom stereocenters. The Morgan fingerprint density at radius 1 is 1.08 bits per heavy atom. The predicted octanol–water partition coefficient (Wildman–Crippen LogP) is 2.25. The van der Waals surface area contributed by atoms with Gasteiger partial charge in [0.25, 0.3) is 0 Å². The third kappa shape index (κ3) is 2.46. The Balaban J connectivity index is 2.12. The van der Waals surface area contributed by atoms with Crippen molar-refractivity contribution in [1.29, 1.82) is 0 Å². The summed E-state index contributed by atoms with van der Waals surface area (Å²) in [6.45, 7) is 3.98. The first kappa shape index (κ1) is 15.9. The van der Waals surface area contributed by atoms with Gasteiger partial charge in [-0.25, -0.2) is 9.59 Å². The van der Waals surface area contributed by atoms with E-state index >= 15 is 0 Å². The first-order valence-electron chi connectivity index (χ1n) is 7.65. The van der Waals surface area contributed by atoms with Gasteiger partial charge in [0, 0.05) is 11.1 Å². The molecule has 0 aliphatic heterocycles. The van der Waals surface area contributed by atoms with Gasteiger partial charge in [0.1, 0.15) is 5.76 Å². The van der Waals surface area contributed by atoms with Crippen LogP contribution in [0.25, 0.3) is 5.57 Å². The summed E-state index contributed by atoms with van der Waals surface area (Å²) in [5.41, 5.74) is 8.88. The SMILES string of the molecule is CCOC(=O)C1=CC2=CC(C(=O)OCC)=C(N)C2=C1c1ccco1. The Morgan fingerprint density at radius 3 is 2.42 bits per heavy atom. The fraction of sp³-hybridized carbons (Fsp3) is 0.222. The van der Waals surface area contributed by atoms with Crippen molar-refractivity contribution in [2.75, 3.05) is 13.2 Å². The number of furan rings is 1. The van der Waals surface area contributed by atoms with Gasteiger partial charge in [0.05, 0.1) is 36.3 Å². The molecule has 6 nitrogen and oxygen atoms in total. The smallest absolute Gasteiger partial charge is 0.340 e. The van der Waals surface area contributed by atoms with Gasteiger partial charge in [-0.1, -0.05) is 0 Å². The summed E-state index contributed by atoms with van der Waals surface area (Å²) in [5.74, 6) is -0.466. The monoisotopic (exact) mass is 327 g/mol. The van der Waals surface area contributed by atoms with Gasteiger partial charge < -0.3 is 19.6 Å². The van der Waals surface area contributed by atoms with Crippen molar-refractivity contribution in [2.24, 2.45) is 5.73 Å². The van der Waals surface area contributed by atoms with Gasteiger partial charge in [0.15, 0.2) is 0 Å². The molecule has 2 N–H and O–H groups in total. The molecule has 0 amide bonds. The maximum absolute atomic E-state index is 12.3. The maximum atomic E-state index is 12.3. The number of fused-ring (bicyclic) bond motifs is 1. The van der Waals surface area contributed by atoms with Crippen LogP contribution in [0.1, 0.15) is 19.6 Å². The quantitative estimate of drug-likeness (QED) is 0.834. The lowest BCUT2D eigenvalue weighted by molar-refractivity contribution is -0.138. The first-order valence-corrected chi connectivity index (χ1v) is 7.65. The van der Waals surface area contributed by atoms with E-state index in [0.717, 1.165) is 0 Å². The van der Waals surface area contributed by atoms with Crippen LogP contribution in [0.2, 0.25) is 0 Å². The zero-order chi connectivity index (χ0) is 17.3. The number of carbonyl (C=O) groups is 2. The standard InChI is InChI=1S/C18H17NO5/c1-3-22-17(20)11-8-10-9-12(18(21)23-4-2)16(19)14(10)15(11)13-6-5-7-24-13/h5-9H,3-4,19H2,1-2H3. The van der Waals surface area contributed by atoms with E-state index in [0.29, 0.717) is 28.1 Å². The number of rotatable bonds is 5. The van der Waals surface area contributed by atoms with Crippen molar-refractivity contribution in [2.45, 2.75) is 13.8 Å². The third-order valence-electron chi connectivity index (χ3n) is 3.73. The van der Waals surface area contributed by atoms with E-state index in [9.17, 15) is 9.59 Å². The molecule has 1 aromatic rings. The van der Waals surface area contributed by atoms with Crippen LogP contribution in [0, 0.1) is 0 Å². The molecule has 3 rings (SSSR count). The fourth-order valence-corrected chi connectivity index (χ4v) is 2.78. The van der Waals surface area contributed by atoms with Crippen LogP contribution in [0.15, 0.2) is 63.0 Å². The van der Waals surface area contributed by atoms with Crippen LogP contribution in [0.4, 0.5) is 0 Å². The minimum Gasteiger partial charge on any atom is -0.464 e. The molecule has 0 fully saturated rings. The molecule has 0 atom stereocenters. The second-order valence-electron chi connectivity index (χ2n) is 5.15. The van der Waals surface area contributed by atoms with Crippen LogP contribution >= 0.6 is 0 Å². The molecule has 2 aliphatic carbocycles. The van der Waals surface area contributed by atoms with E-state index in [1.807, 2.05) is 0 Å². The van der Waals surface area contributed by atoms with E-state index < -0.39 is 11.9 Å². The van der Waals surface area contributed by atoms with E-state index in [1.165, 1.54) is 6.26 Å². The van der Waals surface area contributed by atoms with Crippen molar-refractivity contribution < 1.29 is 23.5 Å². The summed E-state index contributed by atoms with van der Waals surface area (Å²) < 4.78 is 15.6. The lowest BCUT2D eigenvalue weighted by Crippen LogP contribution is -2.12. The Hall–Kier alpha value is -3.02. The van der Waals surface area contributed by atoms with Crippen LogP contribution in [0.3, 0.4) is 0 Å². The summed E-state index contributed by atoms with van der Waals surface area (Å²) in [6.07, 6.45) is 4.79. The van der Waals surface area contributed by atoms with Crippen LogP contribution in [-0.2, 0) is 19.1 Å². The molecule has 2 aliphatic rings. The number of carbonyl (C=O) groups excluding carboxylic acids is 2. The topological polar surface area (TPSA) is 91.8 Å². The largest absolute Gasteiger partial charge is 0.464 e. The summed E-state index contributed by atoms with van der Waals surface area (Å²) in [4.78, 5) is 24.3. The van der Waals surface area contributed by atoms with Gasteiger partial charge >= 0.3 is 11.9 Å². The van der Waals surface area contributed by atoms with Gasteiger partial charge in [-0.05, 0) is 43.7 Å². The number of ether oxygens (including phenoxy) is 2. The molecule has 124 valence electrons. The number of nitrogens with two attached hydrogens (primary N) is 1. The van der Waals surface area contributed by atoms with Crippen LogP contribution in [0.5, 0.6) is 0 Å². The van der Waals surface area contributed by atoms with Gasteiger partial charge in [-0.15, -0.1) is 0 Å². The number of hydrogen-bond acceptors (Lipinski definition) is 6. The Morgan fingerprint density at radius 2 is 1.79 bits per heavy atom. The lowest BCUT2D eigenvalue weighted by atomic mass is 10.0. The molecule has 0 aromatic carbocycles. The zero-order valence-corrected chi connectivity index (χ0v) is 13.4. The van der Waals surface area contributed by atoms with Gasteiger partial charge in [0.2, 0.25) is 0 Å². The van der Waals surface area contributed by atoms with E-state index in [4.69, 9.17) is 19.6 Å². The minimum atomic E-state index is -0.491. The van der Waals surface area contributed by atoms with Gasteiger partial charge in [-0.3, -0.25) is 0 Å². The molecule has 0 saturated carbocycles. The normalized spacial score (nSPS) is 16.1. The molecular formula is C18H17NO5. The molecule has 0 radical (unpaired) electrons. The van der Waals surface area contributed by atoms with Crippen molar-refractivity contribution in [3.05, 3.63) is 64.3 Å². The Labute approximate surface area is 138 Å². The summed E-state index contributed by atoms with van der Waals surface area (Å²) >= 11 is 0. The van der Waals surface area contributed by atoms with Gasteiger partial charge in [-0.2, -0.15) is 0 Å². The summed E-state index contributed by atoms with van der Waals surface area (Å²) in [6, 6.07) is 3.45. The maximum Gasteiger partial charge on any atom is 0.340 e. The van der Waals surface area contributed by atoms with Crippen molar-refractivity contribution in [3.8, 4) is 0 Å². The average Bonchev–Trinajstić information content (AvgIpc) is 3.24. The first-order chi connectivity index (χ1) is 11.6. The highest BCUT2D eigenvalue weighted by Gasteiger charge is 2.36. The van der Waals surface area contributed by atoms with Crippen LogP contribution in [-0.4, -0.2) is 25.2 Å². The Bertz CT molecular complexity index is 822. The average molecular weight is 327 g/mol. The van der Waals surface area contributed by atoms with E-state index in [-0.39, 0.29) is 24.5 Å². The molecule has 0 saturated heterocycles. The number of hydrogen-bond donors (Lipinski definition) is 1. The van der Waals surface area contributed by atoms with Crippen molar-refractivity contribution in [3.63, 3.8) is 0 Å². The lowest BCUT2D eigenvalue weighted by Gasteiger charge is -2.09. The van der Waals surface area contributed by atoms with Crippen molar-refractivity contribution >= 4 is 17.5 Å². The third-order valence-corrected chi connectivity index (χ3v) is 3.73. The second-order valence-corrected chi connectivity index (χ2v) is 5.15. The molecule has 1 aromatic heterocycles. The summed E-state index contributed by atoms with van der Waals surface area (Å²) in [7, 11) is 0. The number of allylic oxidation sites excluding steroid dienone is 2. The number of esters is 2. The van der Waals surface area contributed by atoms with E-state index in [2.05, 4.69) is 0 Å². The molecule has 0 bridgehead atoms. The Kier molecular flexibility index (Phi) is 4.12. The highest BCUT2D eigenvalue weighted by atomic mass is 16.5. The predicted molar refractivity (Wildman–Crippen MR) is 86.3 cm³/mol. The fourth-order valence-electron chi connectivity index (χ4n) is 2.78. The zero-order valence-electron chi connectivity index (χ0n) is 13.4.